The van der Waals surface area contributed by atoms with Crippen LogP contribution in [-0.2, 0) is 30.3 Å². The first-order valence-electron chi connectivity index (χ1n) is 8.58. The average molecular weight is 504 g/mol. The summed E-state index contributed by atoms with van der Waals surface area (Å²) in [5.41, 5.74) is 1.53. The molecule has 0 amide bonds. The van der Waals surface area contributed by atoms with Gasteiger partial charge in [0.25, 0.3) is 0 Å². The van der Waals surface area contributed by atoms with Crippen molar-refractivity contribution in [3.8, 4) is 0 Å². The van der Waals surface area contributed by atoms with Gasteiger partial charge in [-0.1, -0.05) is 29.8 Å². The number of esters is 1. The number of ether oxygens (including phenoxy) is 1. The second-order valence-electron chi connectivity index (χ2n) is 6.60. The minimum atomic E-state index is -7.46. The van der Waals surface area contributed by atoms with Crippen molar-refractivity contribution in [3.63, 3.8) is 0 Å². The summed E-state index contributed by atoms with van der Waals surface area (Å²) >= 11 is 0. The summed E-state index contributed by atoms with van der Waals surface area (Å²) in [5.74, 6) is -16.6. The van der Waals surface area contributed by atoms with Gasteiger partial charge in [0, 0.05) is 0 Å². The van der Waals surface area contributed by atoms with Crippen LogP contribution in [-0.4, -0.2) is 50.9 Å². The third kappa shape index (κ3) is 5.47. The maximum atomic E-state index is 13.8. The molecular weight excluding hydrogens is 487 g/mol. The number of carbonyl (C=O) groups excluding carboxylic acids is 1. The van der Waals surface area contributed by atoms with Crippen LogP contribution in [0.15, 0.2) is 24.3 Å². The first-order valence-corrected chi connectivity index (χ1v) is 9.99. The standard InChI is InChI=1S/C17H17F9O5S/c1-10-6-8-11(9-7-10)4-3-5-12(13(27)30-2)31-32(28,29)17(25,26)15(20,21)14(18,19)16(22,23)24/h6-9,12H,3-5H2,1-2H3. The van der Waals surface area contributed by atoms with Gasteiger partial charge in [-0.25, -0.2) is 4.79 Å². The summed E-state index contributed by atoms with van der Waals surface area (Å²) < 4.78 is 148. The van der Waals surface area contributed by atoms with Gasteiger partial charge < -0.3 is 4.74 Å². The van der Waals surface area contributed by atoms with Gasteiger partial charge in [-0.3, -0.25) is 4.18 Å². The zero-order chi connectivity index (χ0) is 25.2. The van der Waals surface area contributed by atoms with Crippen molar-refractivity contribution in [2.24, 2.45) is 0 Å². The predicted molar refractivity (Wildman–Crippen MR) is 90.8 cm³/mol. The Morgan fingerprint density at radius 3 is 1.88 bits per heavy atom. The van der Waals surface area contributed by atoms with Crippen molar-refractivity contribution in [1.29, 1.82) is 0 Å². The smallest absolute Gasteiger partial charge is 0.460 e. The molecule has 0 bridgehead atoms. The van der Waals surface area contributed by atoms with Gasteiger partial charge in [-0.2, -0.15) is 47.9 Å². The lowest BCUT2D eigenvalue weighted by molar-refractivity contribution is -0.382. The van der Waals surface area contributed by atoms with E-state index in [0.717, 1.165) is 5.56 Å². The average Bonchev–Trinajstić information content (AvgIpc) is 2.66. The van der Waals surface area contributed by atoms with Gasteiger partial charge in [-0.15, -0.1) is 0 Å². The molecule has 0 radical (unpaired) electrons. The van der Waals surface area contributed by atoms with Crippen LogP contribution in [0.25, 0.3) is 0 Å². The minimum Gasteiger partial charge on any atom is -0.467 e. The Kier molecular flexibility index (Phi) is 8.27. The van der Waals surface area contributed by atoms with E-state index in [1.165, 1.54) is 0 Å². The summed E-state index contributed by atoms with van der Waals surface area (Å²) in [5, 5.41) is -7.05. The van der Waals surface area contributed by atoms with Crippen LogP contribution >= 0.6 is 0 Å². The zero-order valence-electron chi connectivity index (χ0n) is 16.4. The van der Waals surface area contributed by atoms with Gasteiger partial charge >= 0.3 is 39.4 Å². The van der Waals surface area contributed by atoms with Gasteiger partial charge in [0.2, 0.25) is 0 Å². The molecule has 1 aromatic rings. The predicted octanol–water partition coefficient (Wildman–Crippen LogP) is 4.63. The summed E-state index contributed by atoms with van der Waals surface area (Å²) in [6.45, 7) is 1.77. The first kappa shape index (κ1) is 28.0. The molecule has 32 heavy (non-hydrogen) atoms. The topological polar surface area (TPSA) is 69.7 Å². The van der Waals surface area contributed by atoms with Crippen molar-refractivity contribution in [2.75, 3.05) is 7.11 Å². The van der Waals surface area contributed by atoms with Crippen LogP contribution in [0.5, 0.6) is 0 Å². The Labute approximate surface area is 176 Å². The quantitative estimate of drug-likeness (QED) is 0.264. The molecule has 0 aliphatic heterocycles. The second kappa shape index (κ2) is 9.45. The summed E-state index contributed by atoms with van der Waals surface area (Å²) in [7, 11) is -6.53. The molecule has 0 heterocycles. The van der Waals surface area contributed by atoms with Crippen LogP contribution in [0.1, 0.15) is 24.0 Å². The SMILES string of the molecule is COC(=O)C(CCCc1ccc(C)cc1)OS(=O)(=O)C(F)(F)C(F)(F)C(F)(F)C(F)(F)F. The van der Waals surface area contributed by atoms with E-state index >= 15 is 0 Å². The Morgan fingerprint density at radius 2 is 1.44 bits per heavy atom. The lowest BCUT2D eigenvalue weighted by atomic mass is 10.0. The minimum absolute atomic E-state index is 0.121. The molecule has 0 spiro atoms. The van der Waals surface area contributed by atoms with E-state index in [1.54, 1.807) is 31.2 Å². The van der Waals surface area contributed by atoms with E-state index < -0.39 is 51.9 Å². The van der Waals surface area contributed by atoms with Crippen LogP contribution in [0.4, 0.5) is 39.5 Å². The molecule has 0 N–H and O–H groups in total. The summed E-state index contributed by atoms with van der Waals surface area (Å²) in [6.07, 6.45) is -10.5. The van der Waals surface area contributed by atoms with Crippen molar-refractivity contribution in [1.82, 2.24) is 0 Å². The van der Waals surface area contributed by atoms with E-state index in [4.69, 9.17) is 0 Å². The second-order valence-corrected chi connectivity index (χ2v) is 8.22. The van der Waals surface area contributed by atoms with Crippen LogP contribution in [0.2, 0.25) is 0 Å². The number of halogens is 9. The van der Waals surface area contributed by atoms with Gasteiger partial charge in [0.15, 0.2) is 6.10 Å². The highest BCUT2D eigenvalue weighted by Gasteiger charge is 2.86. The molecule has 1 unspecified atom stereocenters. The van der Waals surface area contributed by atoms with Gasteiger partial charge in [0.05, 0.1) is 7.11 Å². The molecule has 0 saturated carbocycles. The van der Waals surface area contributed by atoms with E-state index in [2.05, 4.69) is 8.92 Å². The van der Waals surface area contributed by atoms with Crippen LogP contribution < -0.4 is 0 Å². The number of hydrogen-bond acceptors (Lipinski definition) is 5. The van der Waals surface area contributed by atoms with E-state index in [1.807, 2.05) is 0 Å². The van der Waals surface area contributed by atoms with Crippen LogP contribution in [0.3, 0.4) is 0 Å². The van der Waals surface area contributed by atoms with Gasteiger partial charge in [0.1, 0.15) is 0 Å². The van der Waals surface area contributed by atoms with Gasteiger partial charge in [-0.05, 0) is 31.7 Å². The number of hydrogen-bond donors (Lipinski definition) is 0. The highest BCUT2D eigenvalue weighted by Crippen LogP contribution is 2.55. The molecule has 0 aliphatic rings. The molecule has 0 fully saturated rings. The maximum Gasteiger partial charge on any atom is 0.460 e. The molecule has 0 aromatic heterocycles. The highest BCUT2D eigenvalue weighted by atomic mass is 32.2. The molecule has 184 valence electrons. The first-order chi connectivity index (χ1) is 14.3. The molecule has 5 nitrogen and oxygen atoms in total. The number of alkyl halides is 9. The van der Waals surface area contributed by atoms with E-state index in [9.17, 15) is 52.7 Å². The monoisotopic (exact) mass is 504 g/mol. The van der Waals surface area contributed by atoms with Crippen molar-refractivity contribution < 1.29 is 61.6 Å². The molecular formula is C17H17F9O5S. The molecule has 1 rings (SSSR count). The third-order valence-electron chi connectivity index (χ3n) is 4.19. The largest absolute Gasteiger partial charge is 0.467 e. The van der Waals surface area contributed by atoms with E-state index in [0.29, 0.717) is 12.7 Å². The Morgan fingerprint density at radius 1 is 0.938 bits per heavy atom. The number of carbonyl (C=O) groups is 1. The maximum absolute atomic E-state index is 13.8. The molecule has 0 saturated heterocycles. The zero-order valence-corrected chi connectivity index (χ0v) is 17.2. The Bertz CT molecular complexity index is 896. The molecule has 1 aromatic carbocycles. The molecule has 1 atom stereocenters. The molecule has 15 heteroatoms. The highest BCUT2D eigenvalue weighted by molar-refractivity contribution is 7.87. The Balaban J connectivity index is 3.11. The van der Waals surface area contributed by atoms with E-state index in [-0.39, 0.29) is 12.8 Å². The van der Waals surface area contributed by atoms with Crippen molar-refractivity contribution in [3.05, 3.63) is 35.4 Å². The number of rotatable bonds is 10. The summed E-state index contributed by atoms with van der Waals surface area (Å²) in [6, 6.07) is 6.65. The lowest BCUT2D eigenvalue weighted by Gasteiger charge is -2.33. The lowest BCUT2D eigenvalue weighted by Crippen LogP contribution is -2.63. The fraction of sp³-hybridized carbons (Fsp3) is 0.588. The van der Waals surface area contributed by atoms with Crippen LogP contribution in [0, 0.1) is 6.92 Å². The third-order valence-corrected chi connectivity index (χ3v) is 5.56. The number of methoxy groups -OCH3 is 1. The fourth-order valence-corrected chi connectivity index (χ4v) is 3.36. The fourth-order valence-electron chi connectivity index (χ4n) is 2.31. The Hall–Kier alpha value is -2.03. The summed E-state index contributed by atoms with van der Waals surface area (Å²) in [4.78, 5) is 11.6. The van der Waals surface area contributed by atoms with Crippen molar-refractivity contribution >= 4 is 16.1 Å². The molecule has 0 aliphatic carbocycles. The normalized spacial score (nSPS) is 14.8. The number of aryl methyl sites for hydroxylation is 2. The number of benzene rings is 1. The van der Waals surface area contributed by atoms with Crippen molar-refractivity contribution in [2.45, 2.75) is 55.6 Å².